The van der Waals surface area contributed by atoms with Gasteiger partial charge in [-0.05, 0) is 12.1 Å². The molecule has 1 aromatic carbocycles. The Labute approximate surface area is 86.1 Å². The summed E-state index contributed by atoms with van der Waals surface area (Å²) in [5.41, 5.74) is 0.213. The highest BCUT2D eigenvalue weighted by atomic mass is 35.5. The summed E-state index contributed by atoms with van der Waals surface area (Å²) in [4.78, 5) is 0. The van der Waals surface area contributed by atoms with Crippen molar-refractivity contribution in [2.75, 3.05) is 18.5 Å². The van der Waals surface area contributed by atoms with E-state index in [2.05, 4.69) is 5.32 Å². The van der Waals surface area contributed by atoms with Crippen LogP contribution in [-0.2, 0) is 0 Å². The summed E-state index contributed by atoms with van der Waals surface area (Å²) < 4.78 is 13.2. The van der Waals surface area contributed by atoms with E-state index in [9.17, 15) is 4.39 Å². The molecule has 78 valence electrons. The molecule has 0 radical (unpaired) electrons. The van der Waals surface area contributed by atoms with Crippen molar-refractivity contribution in [3.8, 4) is 0 Å². The van der Waals surface area contributed by atoms with Crippen molar-refractivity contribution in [2.45, 2.75) is 6.10 Å². The van der Waals surface area contributed by atoms with Crippen molar-refractivity contribution in [3.05, 3.63) is 29.0 Å². The minimum absolute atomic E-state index is 0.0217. The lowest BCUT2D eigenvalue weighted by Crippen LogP contribution is -2.23. The van der Waals surface area contributed by atoms with Gasteiger partial charge in [0.2, 0.25) is 0 Å². The van der Waals surface area contributed by atoms with E-state index in [1.54, 1.807) is 6.07 Å². The van der Waals surface area contributed by atoms with Crippen molar-refractivity contribution in [1.29, 1.82) is 0 Å². The molecule has 1 atom stereocenters. The van der Waals surface area contributed by atoms with Gasteiger partial charge in [0, 0.05) is 6.54 Å². The maximum Gasteiger partial charge on any atom is 0.164 e. The van der Waals surface area contributed by atoms with E-state index in [0.717, 1.165) is 0 Å². The fourth-order valence-corrected chi connectivity index (χ4v) is 1.11. The maximum atomic E-state index is 13.2. The van der Waals surface area contributed by atoms with E-state index in [-0.39, 0.29) is 23.9 Å². The Morgan fingerprint density at radius 2 is 2.21 bits per heavy atom. The minimum Gasteiger partial charge on any atom is -0.394 e. The summed E-state index contributed by atoms with van der Waals surface area (Å²) >= 11 is 5.54. The molecule has 1 rings (SSSR count). The van der Waals surface area contributed by atoms with Gasteiger partial charge >= 0.3 is 0 Å². The van der Waals surface area contributed by atoms with Crippen LogP contribution >= 0.6 is 11.6 Å². The topological polar surface area (TPSA) is 52.5 Å². The Kier molecular flexibility index (Phi) is 4.13. The van der Waals surface area contributed by atoms with Crippen LogP contribution < -0.4 is 5.32 Å². The predicted molar refractivity (Wildman–Crippen MR) is 53.0 cm³/mol. The van der Waals surface area contributed by atoms with Crippen LogP contribution in [0.4, 0.5) is 10.1 Å². The van der Waals surface area contributed by atoms with Gasteiger partial charge in [-0.3, -0.25) is 0 Å². The van der Waals surface area contributed by atoms with Crippen molar-refractivity contribution < 1.29 is 14.6 Å². The molecule has 0 spiro atoms. The predicted octanol–water partition coefficient (Wildman–Crippen LogP) is 1.24. The molecule has 0 aromatic heterocycles. The van der Waals surface area contributed by atoms with E-state index in [1.807, 2.05) is 0 Å². The summed E-state index contributed by atoms with van der Waals surface area (Å²) in [5, 5.41) is 20.2. The number of benzene rings is 1. The van der Waals surface area contributed by atoms with E-state index in [0.29, 0.717) is 0 Å². The third-order valence-electron chi connectivity index (χ3n) is 1.69. The Morgan fingerprint density at radius 3 is 2.86 bits per heavy atom. The zero-order chi connectivity index (χ0) is 10.6. The fourth-order valence-electron chi connectivity index (χ4n) is 0.933. The van der Waals surface area contributed by atoms with Crippen LogP contribution in [0.15, 0.2) is 18.2 Å². The summed E-state index contributed by atoms with van der Waals surface area (Å²) in [6, 6.07) is 4.54. The number of halogens is 2. The van der Waals surface area contributed by atoms with E-state index in [4.69, 9.17) is 21.8 Å². The number of aliphatic hydroxyl groups is 2. The lowest BCUT2D eigenvalue weighted by molar-refractivity contribution is 0.105. The molecule has 3 nitrogen and oxygen atoms in total. The van der Waals surface area contributed by atoms with Crippen LogP contribution in [0.5, 0.6) is 0 Å². The van der Waals surface area contributed by atoms with Gasteiger partial charge in [0.25, 0.3) is 0 Å². The first-order valence-electron chi connectivity index (χ1n) is 4.12. The normalized spacial score (nSPS) is 12.6. The second-order valence-electron chi connectivity index (χ2n) is 2.82. The van der Waals surface area contributed by atoms with Gasteiger partial charge in [-0.15, -0.1) is 0 Å². The molecule has 0 bridgehead atoms. The van der Waals surface area contributed by atoms with Gasteiger partial charge in [-0.2, -0.15) is 0 Å². The number of rotatable bonds is 4. The van der Waals surface area contributed by atoms with Crippen LogP contribution in [0.3, 0.4) is 0 Å². The standard InChI is InChI=1S/C9H11ClFNO2/c10-7-2-1-3-8(9(7)11)12-4-6(14)5-13/h1-3,6,12-14H,4-5H2. The van der Waals surface area contributed by atoms with E-state index < -0.39 is 11.9 Å². The Hall–Kier alpha value is -0.840. The van der Waals surface area contributed by atoms with Crippen molar-refractivity contribution in [1.82, 2.24) is 0 Å². The number of hydrogen-bond acceptors (Lipinski definition) is 3. The summed E-state index contributed by atoms with van der Waals surface area (Å²) in [5.74, 6) is -0.556. The number of anilines is 1. The highest BCUT2D eigenvalue weighted by Gasteiger charge is 2.07. The van der Waals surface area contributed by atoms with Gasteiger partial charge in [0.05, 0.1) is 23.4 Å². The lowest BCUT2D eigenvalue weighted by Gasteiger charge is -2.11. The van der Waals surface area contributed by atoms with Crippen molar-refractivity contribution in [2.24, 2.45) is 0 Å². The van der Waals surface area contributed by atoms with Gasteiger partial charge in [0.15, 0.2) is 5.82 Å². The second-order valence-corrected chi connectivity index (χ2v) is 3.23. The quantitative estimate of drug-likeness (QED) is 0.714. The Bertz CT molecular complexity index is 309. The average molecular weight is 220 g/mol. The third-order valence-corrected chi connectivity index (χ3v) is 1.98. The smallest absolute Gasteiger partial charge is 0.164 e. The third kappa shape index (κ3) is 2.83. The minimum atomic E-state index is -0.909. The largest absolute Gasteiger partial charge is 0.394 e. The SMILES string of the molecule is OCC(O)CNc1cccc(Cl)c1F. The van der Waals surface area contributed by atoms with E-state index >= 15 is 0 Å². The van der Waals surface area contributed by atoms with Gasteiger partial charge < -0.3 is 15.5 Å². The molecule has 1 unspecified atom stereocenters. The van der Waals surface area contributed by atoms with Crippen molar-refractivity contribution in [3.63, 3.8) is 0 Å². The first-order valence-corrected chi connectivity index (χ1v) is 4.49. The van der Waals surface area contributed by atoms with Crippen LogP contribution in [0.25, 0.3) is 0 Å². The van der Waals surface area contributed by atoms with Gasteiger partial charge in [0.1, 0.15) is 0 Å². The first kappa shape index (κ1) is 11.2. The fraction of sp³-hybridized carbons (Fsp3) is 0.333. The zero-order valence-corrected chi connectivity index (χ0v) is 8.13. The molecule has 0 aliphatic carbocycles. The molecule has 0 aliphatic rings. The number of nitrogens with one attached hydrogen (secondary N) is 1. The molecule has 0 aliphatic heterocycles. The molecule has 0 amide bonds. The average Bonchev–Trinajstić information content (AvgIpc) is 2.20. The summed E-state index contributed by atoms with van der Waals surface area (Å²) in [7, 11) is 0. The summed E-state index contributed by atoms with van der Waals surface area (Å²) in [6.07, 6.45) is -0.909. The first-order chi connectivity index (χ1) is 6.65. The van der Waals surface area contributed by atoms with Crippen LogP contribution in [0.2, 0.25) is 5.02 Å². The molecule has 0 saturated carbocycles. The van der Waals surface area contributed by atoms with Gasteiger partial charge in [-0.25, -0.2) is 4.39 Å². The van der Waals surface area contributed by atoms with Gasteiger partial charge in [-0.1, -0.05) is 17.7 Å². The summed E-state index contributed by atoms with van der Waals surface area (Å²) in [6.45, 7) is -0.289. The highest BCUT2D eigenvalue weighted by molar-refractivity contribution is 6.31. The Balaban J connectivity index is 2.63. The monoisotopic (exact) mass is 219 g/mol. The lowest BCUT2D eigenvalue weighted by atomic mass is 10.3. The number of hydrogen-bond donors (Lipinski definition) is 3. The molecule has 3 N–H and O–H groups in total. The molecular weight excluding hydrogens is 209 g/mol. The molecule has 14 heavy (non-hydrogen) atoms. The van der Waals surface area contributed by atoms with E-state index in [1.165, 1.54) is 12.1 Å². The van der Waals surface area contributed by atoms with Crippen molar-refractivity contribution >= 4 is 17.3 Å². The van der Waals surface area contributed by atoms with Crippen LogP contribution in [0, 0.1) is 5.82 Å². The molecule has 0 fully saturated rings. The zero-order valence-electron chi connectivity index (χ0n) is 7.37. The number of aliphatic hydroxyl groups excluding tert-OH is 2. The molecule has 5 heteroatoms. The van der Waals surface area contributed by atoms with Crippen LogP contribution in [-0.4, -0.2) is 29.5 Å². The maximum absolute atomic E-state index is 13.2. The molecular formula is C9H11ClFNO2. The molecule has 0 saturated heterocycles. The Morgan fingerprint density at radius 1 is 1.50 bits per heavy atom. The molecule has 0 heterocycles. The molecule has 1 aromatic rings. The highest BCUT2D eigenvalue weighted by Crippen LogP contribution is 2.21. The van der Waals surface area contributed by atoms with Crippen LogP contribution in [0.1, 0.15) is 0 Å². The second kappa shape index (κ2) is 5.14.